The van der Waals surface area contributed by atoms with Gasteiger partial charge in [0.15, 0.2) is 5.78 Å². The van der Waals surface area contributed by atoms with Crippen molar-refractivity contribution in [3.8, 4) is 0 Å². The van der Waals surface area contributed by atoms with Crippen LogP contribution in [0.25, 0.3) is 0 Å². The highest BCUT2D eigenvalue weighted by molar-refractivity contribution is 6.33. The van der Waals surface area contributed by atoms with Crippen LogP contribution in [0.1, 0.15) is 21.7 Å². The lowest BCUT2D eigenvalue weighted by Gasteiger charge is -2.36. The molecule has 0 amide bonds. The van der Waals surface area contributed by atoms with Gasteiger partial charge in [-0.2, -0.15) is 0 Å². The van der Waals surface area contributed by atoms with Crippen molar-refractivity contribution in [1.29, 1.82) is 0 Å². The van der Waals surface area contributed by atoms with Crippen LogP contribution in [0.15, 0.2) is 43.0 Å². The van der Waals surface area contributed by atoms with Crippen LogP contribution in [0.2, 0.25) is 5.02 Å². The minimum absolute atomic E-state index is 0.194. The van der Waals surface area contributed by atoms with Crippen LogP contribution in [0.4, 0.5) is 5.69 Å². The Morgan fingerprint density at radius 2 is 1.88 bits per heavy atom. The molecule has 0 unspecified atom stereocenters. The van der Waals surface area contributed by atoms with Crippen LogP contribution in [-0.4, -0.2) is 48.0 Å². The highest BCUT2D eigenvalue weighted by atomic mass is 35.5. The summed E-state index contributed by atoms with van der Waals surface area (Å²) in [6.45, 7) is 12.5. The van der Waals surface area contributed by atoms with Crippen molar-refractivity contribution in [2.24, 2.45) is 0 Å². The molecule has 2 heterocycles. The summed E-state index contributed by atoms with van der Waals surface area (Å²) >= 11 is 6.30. The first kappa shape index (κ1) is 18.7. The van der Waals surface area contributed by atoms with E-state index in [0.717, 1.165) is 60.4 Å². The zero-order chi connectivity index (χ0) is 18.7. The van der Waals surface area contributed by atoms with Crippen molar-refractivity contribution >= 4 is 23.1 Å². The quantitative estimate of drug-likeness (QED) is 0.568. The minimum Gasteiger partial charge on any atom is -0.368 e. The van der Waals surface area contributed by atoms with Gasteiger partial charge in [-0.05, 0) is 32.0 Å². The number of aryl methyl sites for hydroxylation is 1. The second-order valence-electron chi connectivity index (χ2n) is 6.82. The van der Waals surface area contributed by atoms with E-state index in [2.05, 4.69) is 27.0 Å². The number of anilines is 1. The van der Waals surface area contributed by atoms with Gasteiger partial charge < -0.3 is 9.47 Å². The van der Waals surface area contributed by atoms with Gasteiger partial charge in [0.05, 0.1) is 17.3 Å². The number of Topliss-reactive ketones (excluding diaryl/α,β-unsaturated/α-hetero) is 1. The minimum atomic E-state index is 0.194. The third kappa shape index (κ3) is 3.87. The van der Waals surface area contributed by atoms with Crippen LogP contribution in [0, 0.1) is 13.8 Å². The highest BCUT2D eigenvalue weighted by Gasteiger charge is 2.22. The molecule has 3 rings (SSSR count). The first-order chi connectivity index (χ1) is 12.5. The molecule has 5 heteroatoms. The molecule has 1 aliphatic rings. The van der Waals surface area contributed by atoms with Crippen molar-refractivity contribution < 1.29 is 4.79 Å². The summed E-state index contributed by atoms with van der Waals surface area (Å²) < 4.78 is 2.13. The lowest BCUT2D eigenvalue weighted by Crippen LogP contribution is -2.48. The van der Waals surface area contributed by atoms with Crippen LogP contribution in [0.3, 0.4) is 0 Å². The molecule has 26 heavy (non-hydrogen) atoms. The van der Waals surface area contributed by atoms with Gasteiger partial charge in [0.25, 0.3) is 0 Å². The zero-order valence-electron chi connectivity index (χ0n) is 15.5. The number of rotatable bonds is 6. The molecule has 0 atom stereocenters. The van der Waals surface area contributed by atoms with Gasteiger partial charge in [0.2, 0.25) is 0 Å². The predicted molar refractivity (Wildman–Crippen MR) is 109 cm³/mol. The topological polar surface area (TPSA) is 28.5 Å². The van der Waals surface area contributed by atoms with Crippen molar-refractivity contribution in [3.63, 3.8) is 0 Å². The Morgan fingerprint density at radius 3 is 2.54 bits per heavy atom. The number of piperazine rings is 1. The number of para-hydroxylation sites is 1. The van der Waals surface area contributed by atoms with Crippen LogP contribution < -0.4 is 4.90 Å². The average molecular weight is 372 g/mol. The Balaban J connectivity index is 1.61. The maximum Gasteiger partial charge on any atom is 0.178 e. The van der Waals surface area contributed by atoms with Gasteiger partial charge in [0.1, 0.15) is 0 Å². The van der Waals surface area contributed by atoms with E-state index >= 15 is 0 Å². The number of hydrogen-bond acceptors (Lipinski definition) is 3. The number of carbonyl (C=O) groups is 1. The molecule has 0 N–H and O–H groups in total. The Labute approximate surface area is 160 Å². The van der Waals surface area contributed by atoms with Crippen LogP contribution >= 0.6 is 11.6 Å². The molecule has 1 aliphatic heterocycles. The van der Waals surface area contributed by atoms with Gasteiger partial charge >= 0.3 is 0 Å². The van der Waals surface area contributed by atoms with Crippen LogP contribution in [-0.2, 0) is 6.54 Å². The largest absolute Gasteiger partial charge is 0.368 e. The van der Waals surface area contributed by atoms with Gasteiger partial charge in [-0.15, -0.1) is 6.58 Å². The maximum atomic E-state index is 12.8. The number of ketones is 1. The summed E-state index contributed by atoms with van der Waals surface area (Å²) in [5.74, 6) is 0.194. The molecule has 1 aromatic heterocycles. The SMILES string of the molecule is C=CCn1c(C)cc(C(=O)CN2CCN(c3ccccc3Cl)CC2)c1C. The molecule has 0 bridgehead atoms. The number of hydrogen-bond donors (Lipinski definition) is 0. The number of allylic oxidation sites excluding steroid dienone is 1. The van der Waals surface area contributed by atoms with E-state index in [0.29, 0.717) is 6.54 Å². The number of benzene rings is 1. The van der Waals surface area contributed by atoms with Gasteiger partial charge in [-0.3, -0.25) is 9.69 Å². The van der Waals surface area contributed by atoms with Crippen molar-refractivity contribution in [1.82, 2.24) is 9.47 Å². The Bertz CT molecular complexity index is 804. The summed E-state index contributed by atoms with van der Waals surface area (Å²) in [6.07, 6.45) is 1.86. The predicted octanol–water partition coefficient (Wildman–Crippen LogP) is 3.95. The fourth-order valence-electron chi connectivity index (χ4n) is 3.64. The molecule has 4 nitrogen and oxygen atoms in total. The standard InChI is InChI=1S/C21H26ClN3O/c1-4-9-25-16(2)14-18(17(25)3)21(26)15-23-10-12-24(13-11-23)20-8-6-5-7-19(20)22/h4-8,14H,1,9-13,15H2,2-3H3. The molecular weight excluding hydrogens is 346 g/mol. The van der Waals surface area contributed by atoms with E-state index in [1.807, 2.05) is 44.2 Å². The molecule has 0 radical (unpaired) electrons. The average Bonchev–Trinajstić information content (AvgIpc) is 2.92. The Hall–Kier alpha value is -2.04. The molecule has 0 aliphatic carbocycles. The number of aromatic nitrogens is 1. The number of halogens is 1. The van der Waals surface area contributed by atoms with Crippen molar-refractivity contribution in [3.05, 3.63) is 65.0 Å². The third-order valence-corrected chi connectivity index (χ3v) is 5.44. The Kier molecular flexibility index (Phi) is 5.84. The zero-order valence-corrected chi connectivity index (χ0v) is 16.3. The van der Waals surface area contributed by atoms with E-state index < -0.39 is 0 Å². The van der Waals surface area contributed by atoms with E-state index in [4.69, 9.17) is 11.6 Å². The first-order valence-electron chi connectivity index (χ1n) is 9.04. The normalized spacial score (nSPS) is 15.3. The molecule has 1 saturated heterocycles. The third-order valence-electron chi connectivity index (χ3n) is 5.12. The highest BCUT2D eigenvalue weighted by Crippen LogP contribution is 2.26. The van der Waals surface area contributed by atoms with Gasteiger partial charge in [-0.25, -0.2) is 0 Å². The molecule has 0 saturated carbocycles. The van der Waals surface area contributed by atoms with E-state index in [-0.39, 0.29) is 5.78 Å². The summed E-state index contributed by atoms with van der Waals surface area (Å²) in [6, 6.07) is 9.93. The van der Waals surface area contributed by atoms with Gasteiger partial charge in [0, 0.05) is 49.7 Å². The van der Waals surface area contributed by atoms with E-state index in [9.17, 15) is 4.79 Å². The molecule has 0 spiro atoms. The second kappa shape index (κ2) is 8.11. The van der Waals surface area contributed by atoms with Crippen LogP contribution in [0.5, 0.6) is 0 Å². The summed E-state index contributed by atoms with van der Waals surface area (Å²) in [5.41, 5.74) is 4.04. The van der Waals surface area contributed by atoms with E-state index in [1.165, 1.54) is 0 Å². The smallest absolute Gasteiger partial charge is 0.178 e. The number of carbonyl (C=O) groups excluding carboxylic acids is 1. The van der Waals surface area contributed by atoms with Crippen molar-refractivity contribution in [2.75, 3.05) is 37.6 Å². The molecular formula is C21H26ClN3O. The summed E-state index contributed by atoms with van der Waals surface area (Å²) in [4.78, 5) is 17.3. The second-order valence-corrected chi connectivity index (χ2v) is 7.23. The summed E-state index contributed by atoms with van der Waals surface area (Å²) in [5, 5.41) is 0.784. The lowest BCUT2D eigenvalue weighted by molar-refractivity contribution is 0.0925. The molecule has 1 fully saturated rings. The molecule has 2 aromatic rings. The number of nitrogens with zero attached hydrogens (tertiary/aromatic N) is 3. The lowest BCUT2D eigenvalue weighted by atomic mass is 10.1. The summed E-state index contributed by atoms with van der Waals surface area (Å²) in [7, 11) is 0. The van der Waals surface area contributed by atoms with Gasteiger partial charge in [-0.1, -0.05) is 29.8 Å². The monoisotopic (exact) mass is 371 g/mol. The fraction of sp³-hybridized carbons (Fsp3) is 0.381. The first-order valence-corrected chi connectivity index (χ1v) is 9.41. The maximum absolute atomic E-state index is 12.8. The van der Waals surface area contributed by atoms with Crippen molar-refractivity contribution in [2.45, 2.75) is 20.4 Å². The fourth-order valence-corrected chi connectivity index (χ4v) is 3.89. The Morgan fingerprint density at radius 1 is 1.19 bits per heavy atom. The molecule has 138 valence electrons. The molecule has 1 aromatic carbocycles. The van der Waals surface area contributed by atoms with E-state index in [1.54, 1.807) is 0 Å².